The van der Waals surface area contributed by atoms with Crippen molar-refractivity contribution < 1.29 is 4.79 Å². The minimum absolute atomic E-state index is 0.603. The fourth-order valence-corrected chi connectivity index (χ4v) is 3.12. The highest BCUT2D eigenvalue weighted by atomic mass is 16.1. The molecule has 1 aliphatic heterocycles. The summed E-state index contributed by atoms with van der Waals surface area (Å²) in [5, 5.41) is 5.63. The molecule has 1 saturated heterocycles. The van der Waals surface area contributed by atoms with Gasteiger partial charge < -0.3 is 10.2 Å². The Labute approximate surface area is 141 Å². The van der Waals surface area contributed by atoms with Gasteiger partial charge in [-0.3, -0.25) is 4.79 Å². The van der Waals surface area contributed by atoms with E-state index in [0.29, 0.717) is 11.6 Å². The van der Waals surface area contributed by atoms with Crippen LogP contribution in [-0.2, 0) is 0 Å². The molecule has 0 bridgehead atoms. The highest BCUT2D eigenvalue weighted by molar-refractivity contribution is 5.95. The van der Waals surface area contributed by atoms with Crippen molar-refractivity contribution in [2.24, 2.45) is 0 Å². The molecule has 0 amide bonds. The van der Waals surface area contributed by atoms with E-state index in [0.717, 1.165) is 35.1 Å². The number of carbonyl (C=O) groups excluding carboxylic acids is 1. The average Bonchev–Trinajstić information content (AvgIpc) is 2.61. The third-order valence-corrected chi connectivity index (χ3v) is 4.71. The summed E-state index contributed by atoms with van der Waals surface area (Å²) in [6, 6.07) is 16.6. The van der Waals surface area contributed by atoms with Crippen LogP contribution in [0, 0.1) is 0 Å². The van der Waals surface area contributed by atoms with E-state index in [2.05, 4.69) is 40.3 Å². The predicted octanol–water partition coefficient (Wildman–Crippen LogP) is 4.39. The van der Waals surface area contributed by atoms with Crippen molar-refractivity contribution in [2.45, 2.75) is 19.4 Å². The molecule has 0 aliphatic carbocycles. The van der Waals surface area contributed by atoms with Crippen molar-refractivity contribution in [3.05, 3.63) is 60.3 Å². The summed E-state index contributed by atoms with van der Waals surface area (Å²) in [6.07, 6.45) is 3.91. The van der Waals surface area contributed by atoms with E-state index in [1.54, 1.807) is 12.1 Å². The first-order valence-electron chi connectivity index (χ1n) is 8.22. The van der Waals surface area contributed by atoms with Gasteiger partial charge in [-0.05, 0) is 61.2 Å². The summed E-state index contributed by atoms with van der Waals surface area (Å²) < 4.78 is 0. The summed E-state index contributed by atoms with van der Waals surface area (Å²) in [5.41, 5.74) is 2.83. The van der Waals surface area contributed by atoms with Gasteiger partial charge >= 0.3 is 0 Å². The van der Waals surface area contributed by atoms with Gasteiger partial charge in [-0.25, -0.2) is 4.98 Å². The second-order valence-corrected chi connectivity index (χ2v) is 6.26. The topological polar surface area (TPSA) is 45.2 Å². The number of hydrogen-bond acceptors (Lipinski definition) is 4. The van der Waals surface area contributed by atoms with Crippen LogP contribution < -0.4 is 10.2 Å². The van der Waals surface area contributed by atoms with Gasteiger partial charge in [0.1, 0.15) is 12.1 Å². The summed E-state index contributed by atoms with van der Waals surface area (Å²) in [6.45, 7) is 3.37. The van der Waals surface area contributed by atoms with Gasteiger partial charge in [0, 0.05) is 41.1 Å². The lowest BCUT2D eigenvalue weighted by molar-refractivity contribution is 0.112. The molecule has 24 heavy (non-hydrogen) atoms. The second-order valence-electron chi connectivity index (χ2n) is 6.26. The number of anilines is 3. The average molecular weight is 317 g/mol. The summed E-state index contributed by atoms with van der Waals surface area (Å²) in [5.74, 6) is 0.835. The molecule has 3 aromatic rings. The molecule has 0 unspecified atom stereocenters. The van der Waals surface area contributed by atoms with Crippen LogP contribution in [0.25, 0.3) is 10.8 Å². The fourth-order valence-electron chi connectivity index (χ4n) is 3.12. The van der Waals surface area contributed by atoms with Crippen LogP contribution in [0.4, 0.5) is 17.2 Å². The number of nitrogens with zero attached hydrogens (tertiary/aromatic N) is 2. The Morgan fingerprint density at radius 3 is 2.67 bits per heavy atom. The van der Waals surface area contributed by atoms with Crippen molar-refractivity contribution in [3.8, 4) is 0 Å². The number of benzene rings is 2. The van der Waals surface area contributed by atoms with Gasteiger partial charge in [-0.1, -0.05) is 6.07 Å². The van der Waals surface area contributed by atoms with Gasteiger partial charge in [0.2, 0.25) is 0 Å². The maximum atomic E-state index is 10.8. The number of carbonyl (C=O) groups is 1. The van der Waals surface area contributed by atoms with Crippen LogP contribution in [0.15, 0.2) is 54.7 Å². The van der Waals surface area contributed by atoms with E-state index in [-0.39, 0.29) is 0 Å². The predicted molar refractivity (Wildman–Crippen MR) is 98.3 cm³/mol. The molecule has 120 valence electrons. The molecule has 0 spiro atoms. The molecule has 0 saturated carbocycles. The first-order valence-corrected chi connectivity index (χ1v) is 8.22. The van der Waals surface area contributed by atoms with Gasteiger partial charge in [-0.2, -0.15) is 0 Å². The Kier molecular flexibility index (Phi) is 3.65. The fraction of sp³-hybridized carbons (Fsp3) is 0.200. The lowest BCUT2D eigenvalue weighted by atomic mass is 10.0. The molecule has 0 radical (unpaired) electrons. The Balaban J connectivity index is 1.70. The van der Waals surface area contributed by atoms with Crippen molar-refractivity contribution >= 4 is 34.3 Å². The lowest BCUT2D eigenvalue weighted by Gasteiger charge is -2.41. The Bertz CT molecular complexity index is 889. The van der Waals surface area contributed by atoms with Crippen LogP contribution >= 0.6 is 0 Å². The van der Waals surface area contributed by atoms with E-state index in [4.69, 9.17) is 0 Å². The minimum atomic E-state index is 0.603. The number of hydrogen-bond donors (Lipinski definition) is 1. The monoisotopic (exact) mass is 317 g/mol. The highest BCUT2D eigenvalue weighted by Gasteiger charge is 2.23. The SMILES string of the molecule is C[C@H]1CCN1c1ccc2ccnc(Nc3ccc(C=O)cc3)c2c1. The first-order chi connectivity index (χ1) is 11.7. The van der Waals surface area contributed by atoms with Crippen LogP contribution in [0.2, 0.25) is 0 Å². The van der Waals surface area contributed by atoms with Crippen LogP contribution in [0.3, 0.4) is 0 Å². The lowest BCUT2D eigenvalue weighted by Crippen LogP contribution is -2.45. The Hall–Kier alpha value is -2.88. The van der Waals surface area contributed by atoms with Gasteiger partial charge in [-0.15, -0.1) is 0 Å². The molecule has 1 fully saturated rings. The number of aromatic nitrogens is 1. The summed E-state index contributed by atoms with van der Waals surface area (Å²) >= 11 is 0. The largest absolute Gasteiger partial charge is 0.369 e. The zero-order chi connectivity index (χ0) is 16.5. The maximum absolute atomic E-state index is 10.8. The number of aldehydes is 1. The zero-order valence-electron chi connectivity index (χ0n) is 13.6. The van der Waals surface area contributed by atoms with Crippen LogP contribution in [-0.4, -0.2) is 23.9 Å². The molecule has 2 aromatic carbocycles. The number of rotatable bonds is 4. The molecule has 1 N–H and O–H groups in total. The zero-order valence-corrected chi connectivity index (χ0v) is 13.6. The molecule has 4 nitrogen and oxygen atoms in total. The third kappa shape index (κ3) is 2.60. The minimum Gasteiger partial charge on any atom is -0.369 e. The van der Waals surface area contributed by atoms with E-state index < -0.39 is 0 Å². The molecule has 4 rings (SSSR count). The van der Waals surface area contributed by atoms with Gasteiger partial charge in [0.05, 0.1) is 0 Å². The second kappa shape index (κ2) is 5.96. The molecule has 1 atom stereocenters. The number of fused-ring (bicyclic) bond motifs is 1. The van der Waals surface area contributed by atoms with E-state index in [9.17, 15) is 4.79 Å². The maximum Gasteiger partial charge on any atom is 0.150 e. The van der Waals surface area contributed by atoms with Crippen LogP contribution in [0.1, 0.15) is 23.7 Å². The van der Waals surface area contributed by atoms with Crippen molar-refractivity contribution in [3.63, 3.8) is 0 Å². The normalized spacial score (nSPS) is 16.7. The summed E-state index contributed by atoms with van der Waals surface area (Å²) in [7, 11) is 0. The highest BCUT2D eigenvalue weighted by Crippen LogP contribution is 2.32. The smallest absolute Gasteiger partial charge is 0.150 e. The van der Waals surface area contributed by atoms with E-state index in [1.165, 1.54) is 12.1 Å². The van der Waals surface area contributed by atoms with Gasteiger partial charge in [0.15, 0.2) is 0 Å². The molecule has 1 aromatic heterocycles. The first kappa shape index (κ1) is 14.7. The van der Waals surface area contributed by atoms with E-state index >= 15 is 0 Å². The Morgan fingerprint density at radius 2 is 2.00 bits per heavy atom. The summed E-state index contributed by atoms with van der Waals surface area (Å²) in [4.78, 5) is 17.7. The Morgan fingerprint density at radius 1 is 1.17 bits per heavy atom. The van der Waals surface area contributed by atoms with Crippen molar-refractivity contribution in [1.29, 1.82) is 0 Å². The number of pyridine rings is 1. The van der Waals surface area contributed by atoms with Crippen molar-refractivity contribution in [1.82, 2.24) is 4.98 Å². The molecular formula is C20H19N3O. The molecule has 2 heterocycles. The molecule has 1 aliphatic rings. The molecular weight excluding hydrogens is 298 g/mol. The number of nitrogens with one attached hydrogen (secondary N) is 1. The van der Waals surface area contributed by atoms with Crippen molar-refractivity contribution in [2.75, 3.05) is 16.8 Å². The quantitative estimate of drug-likeness (QED) is 0.725. The third-order valence-electron chi connectivity index (χ3n) is 4.71. The van der Waals surface area contributed by atoms with E-state index in [1.807, 2.05) is 24.4 Å². The van der Waals surface area contributed by atoms with Gasteiger partial charge in [0.25, 0.3) is 0 Å². The van der Waals surface area contributed by atoms with Crippen LogP contribution in [0.5, 0.6) is 0 Å². The molecule has 4 heteroatoms. The standard InChI is InChI=1S/C20H19N3O/c1-14-9-11-23(14)18-7-4-16-8-10-21-20(19(16)12-18)22-17-5-2-15(13-24)3-6-17/h2-8,10,12-14H,9,11H2,1H3,(H,21,22)/t14-/m0/s1.